The first-order valence-electron chi connectivity index (χ1n) is 20.8. The topological polar surface area (TPSA) is 46.2 Å². The normalized spacial score (nSPS) is 13.5. The van der Waals surface area contributed by atoms with Crippen molar-refractivity contribution in [3.63, 3.8) is 0 Å². The fourth-order valence-electron chi connectivity index (χ4n) is 5.89. The van der Waals surface area contributed by atoms with Gasteiger partial charge in [0.25, 0.3) is 0 Å². The maximum atomic E-state index is 6.63. The third-order valence-corrected chi connectivity index (χ3v) is 10.2. The third kappa shape index (κ3) is 29.1. The molecule has 0 aliphatic carbocycles. The molecule has 0 fully saturated rings. The van der Waals surface area contributed by atoms with Gasteiger partial charge in [-0.05, 0) is 50.7 Å². The van der Waals surface area contributed by atoms with Crippen molar-refractivity contribution in [2.45, 2.75) is 220 Å². The van der Waals surface area contributed by atoms with Crippen LogP contribution in [0, 0.1) is 0 Å². The summed E-state index contributed by atoms with van der Waals surface area (Å²) in [5.74, 6) is 0.763. The second kappa shape index (κ2) is 36.1. The number of benzene rings is 1. The molecule has 282 valence electrons. The van der Waals surface area contributed by atoms with E-state index in [-0.39, 0.29) is 12.6 Å². The highest BCUT2D eigenvalue weighted by Gasteiger charge is 2.26. The Kier molecular flexibility index (Phi) is 34.1. The van der Waals surface area contributed by atoms with Gasteiger partial charge in [0, 0.05) is 13.2 Å². The summed E-state index contributed by atoms with van der Waals surface area (Å²) in [4.78, 5) is 0. The maximum Gasteiger partial charge on any atom is 0.402 e. The molecular weight excluding hydrogens is 615 g/mol. The van der Waals surface area contributed by atoms with Crippen molar-refractivity contribution in [2.24, 2.45) is 0 Å². The lowest BCUT2D eigenvalue weighted by Gasteiger charge is -2.27. The molecule has 0 spiro atoms. The highest BCUT2D eigenvalue weighted by atomic mass is 31.2. The van der Waals surface area contributed by atoms with Gasteiger partial charge in [0.15, 0.2) is 12.6 Å². The largest absolute Gasteiger partial charge is 0.427 e. The Balaban J connectivity index is 2.85. The standard InChI is InChI=1S/C42H79O5P/c1-5-9-13-17-21-25-32-38-43-41(36-30-23-19-15-11-7-3)46-48(45-40-34-28-27-29-35-40)47-42(37-31-24-20-16-12-8-4)44-39-33-26-22-18-14-10-6-2/h27-29,34-35,41-42H,5-26,30-33,36-39H2,1-4H3. The van der Waals surface area contributed by atoms with Crippen LogP contribution in [0.4, 0.5) is 0 Å². The maximum absolute atomic E-state index is 6.63. The van der Waals surface area contributed by atoms with E-state index in [4.69, 9.17) is 23.0 Å². The highest BCUT2D eigenvalue weighted by molar-refractivity contribution is 7.42. The van der Waals surface area contributed by atoms with Crippen molar-refractivity contribution in [1.82, 2.24) is 0 Å². The van der Waals surface area contributed by atoms with E-state index < -0.39 is 8.60 Å². The van der Waals surface area contributed by atoms with Crippen molar-refractivity contribution in [3.8, 4) is 5.75 Å². The van der Waals surface area contributed by atoms with Crippen LogP contribution >= 0.6 is 8.60 Å². The smallest absolute Gasteiger partial charge is 0.402 e. The lowest BCUT2D eigenvalue weighted by atomic mass is 10.1. The van der Waals surface area contributed by atoms with Gasteiger partial charge in [-0.1, -0.05) is 187 Å². The first-order chi connectivity index (χ1) is 23.7. The molecule has 0 N–H and O–H groups in total. The molecule has 0 bridgehead atoms. The zero-order chi connectivity index (χ0) is 34.6. The van der Waals surface area contributed by atoms with Crippen LogP contribution in [0.1, 0.15) is 207 Å². The number of rotatable bonds is 38. The van der Waals surface area contributed by atoms with Crippen LogP contribution in [-0.2, 0) is 18.5 Å². The van der Waals surface area contributed by atoms with E-state index in [1.54, 1.807) is 0 Å². The predicted octanol–water partition coefficient (Wildman–Crippen LogP) is 15.0. The molecule has 0 heterocycles. The van der Waals surface area contributed by atoms with Gasteiger partial charge in [0.05, 0.1) is 0 Å². The molecule has 0 aliphatic heterocycles. The number of ether oxygens (including phenoxy) is 2. The van der Waals surface area contributed by atoms with Gasteiger partial charge in [-0.15, -0.1) is 0 Å². The number of hydrogen-bond donors (Lipinski definition) is 0. The van der Waals surface area contributed by atoms with Crippen molar-refractivity contribution < 1.29 is 23.0 Å². The van der Waals surface area contributed by atoms with Crippen LogP contribution in [0.5, 0.6) is 5.75 Å². The van der Waals surface area contributed by atoms with E-state index in [2.05, 4.69) is 27.7 Å². The molecule has 1 rings (SSSR count). The molecule has 2 atom stereocenters. The SMILES string of the molecule is CCCCCCCCCOC(CCCCCCCC)OP(Oc1ccccc1)OC(CCCCCCCC)OCCCCCCCCC. The average molecular weight is 695 g/mol. The molecule has 0 radical (unpaired) electrons. The van der Waals surface area contributed by atoms with Crippen molar-refractivity contribution >= 4 is 8.60 Å². The van der Waals surface area contributed by atoms with E-state index >= 15 is 0 Å². The summed E-state index contributed by atoms with van der Waals surface area (Å²) in [6.07, 6.45) is 33.8. The lowest BCUT2D eigenvalue weighted by molar-refractivity contribution is -0.123. The summed E-state index contributed by atoms with van der Waals surface area (Å²) in [5, 5.41) is 0. The molecule has 2 unspecified atom stereocenters. The molecule has 0 aliphatic rings. The van der Waals surface area contributed by atoms with Crippen LogP contribution in [0.25, 0.3) is 0 Å². The average Bonchev–Trinajstić information content (AvgIpc) is 3.10. The number of hydrogen-bond acceptors (Lipinski definition) is 5. The minimum absolute atomic E-state index is 0.330. The lowest BCUT2D eigenvalue weighted by Crippen LogP contribution is -2.22. The Bertz CT molecular complexity index is 709. The Morgan fingerprint density at radius 2 is 0.750 bits per heavy atom. The van der Waals surface area contributed by atoms with Gasteiger partial charge < -0.3 is 14.0 Å². The van der Waals surface area contributed by atoms with Crippen molar-refractivity contribution in [3.05, 3.63) is 30.3 Å². The first kappa shape index (κ1) is 45.3. The monoisotopic (exact) mass is 695 g/mol. The number of unbranched alkanes of at least 4 members (excludes halogenated alkanes) is 22. The molecular formula is C42H79O5P. The van der Waals surface area contributed by atoms with Gasteiger partial charge >= 0.3 is 8.60 Å². The summed E-state index contributed by atoms with van der Waals surface area (Å²) < 4.78 is 32.5. The molecule has 5 nitrogen and oxygen atoms in total. The molecule has 0 saturated carbocycles. The molecule has 0 amide bonds. The number of para-hydroxylation sites is 1. The van der Waals surface area contributed by atoms with E-state index in [1.165, 1.54) is 141 Å². The molecule has 0 saturated heterocycles. The van der Waals surface area contributed by atoms with Crippen LogP contribution in [-0.4, -0.2) is 25.8 Å². The molecule has 48 heavy (non-hydrogen) atoms. The molecule has 0 aromatic heterocycles. The van der Waals surface area contributed by atoms with E-state index in [9.17, 15) is 0 Å². The summed E-state index contributed by atoms with van der Waals surface area (Å²) in [7, 11) is -1.69. The highest BCUT2D eigenvalue weighted by Crippen LogP contribution is 2.45. The van der Waals surface area contributed by atoms with Gasteiger partial charge in [0.2, 0.25) is 0 Å². The Morgan fingerprint density at radius 1 is 0.417 bits per heavy atom. The minimum atomic E-state index is -1.69. The fraction of sp³-hybridized carbons (Fsp3) is 0.857. The molecule has 6 heteroatoms. The summed E-state index contributed by atoms with van der Waals surface area (Å²) in [5.41, 5.74) is 0. The predicted molar refractivity (Wildman–Crippen MR) is 208 cm³/mol. The van der Waals surface area contributed by atoms with Crippen LogP contribution in [0.15, 0.2) is 30.3 Å². The van der Waals surface area contributed by atoms with Gasteiger partial charge in [-0.3, -0.25) is 9.05 Å². The third-order valence-electron chi connectivity index (χ3n) is 9.02. The van der Waals surface area contributed by atoms with E-state index in [0.29, 0.717) is 0 Å². The summed E-state index contributed by atoms with van der Waals surface area (Å²) in [6, 6.07) is 9.96. The Labute approximate surface area is 300 Å². The Morgan fingerprint density at radius 3 is 1.12 bits per heavy atom. The van der Waals surface area contributed by atoms with E-state index in [0.717, 1.165) is 57.5 Å². The quantitative estimate of drug-likeness (QED) is 0.0392. The van der Waals surface area contributed by atoms with Crippen molar-refractivity contribution in [2.75, 3.05) is 13.2 Å². The molecule has 1 aromatic carbocycles. The van der Waals surface area contributed by atoms with Crippen LogP contribution < -0.4 is 4.52 Å². The second-order valence-corrected chi connectivity index (χ2v) is 14.8. The first-order valence-corrected chi connectivity index (χ1v) is 21.9. The zero-order valence-corrected chi connectivity index (χ0v) is 33.1. The van der Waals surface area contributed by atoms with Crippen LogP contribution in [0.2, 0.25) is 0 Å². The van der Waals surface area contributed by atoms with Crippen LogP contribution in [0.3, 0.4) is 0 Å². The van der Waals surface area contributed by atoms with Gasteiger partial charge in [0.1, 0.15) is 5.75 Å². The Hall–Kier alpha value is -0.710. The minimum Gasteiger partial charge on any atom is -0.427 e. The van der Waals surface area contributed by atoms with Crippen molar-refractivity contribution in [1.29, 1.82) is 0 Å². The fourth-order valence-corrected chi connectivity index (χ4v) is 7.04. The zero-order valence-electron chi connectivity index (χ0n) is 32.2. The second-order valence-electron chi connectivity index (χ2n) is 13.8. The summed E-state index contributed by atoms with van der Waals surface area (Å²) >= 11 is 0. The summed E-state index contributed by atoms with van der Waals surface area (Å²) in [6.45, 7) is 10.5. The molecule has 1 aromatic rings. The van der Waals surface area contributed by atoms with E-state index in [1.807, 2.05) is 30.3 Å². The van der Waals surface area contributed by atoms with Gasteiger partial charge in [-0.25, -0.2) is 0 Å². The van der Waals surface area contributed by atoms with Gasteiger partial charge in [-0.2, -0.15) is 0 Å².